The number of carbonyl (C=O) groups is 1. The molecule has 17 heavy (non-hydrogen) atoms. The Morgan fingerprint density at radius 1 is 1.47 bits per heavy atom. The Hall–Kier alpha value is -1.68. The van der Waals surface area contributed by atoms with Crippen LogP contribution in [0.1, 0.15) is 15.9 Å². The number of esters is 1. The van der Waals surface area contributed by atoms with E-state index in [9.17, 15) is 9.18 Å². The number of hydrogen-bond donors (Lipinski definition) is 0. The average molecular weight is 254 g/mol. The highest BCUT2D eigenvalue weighted by molar-refractivity contribution is 6.38. The van der Waals surface area contributed by atoms with E-state index in [0.717, 1.165) is 0 Å². The number of carbonyl (C=O) groups excluding carboxylic acids is 1. The maximum Gasteiger partial charge on any atom is 0.340 e. The molecule has 0 atom stereocenters. The van der Waals surface area contributed by atoms with Crippen LogP contribution in [0.2, 0.25) is 5.02 Å². The molecule has 0 saturated carbocycles. The number of aromatic nitrogens is 1. The van der Waals surface area contributed by atoms with Gasteiger partial charge in [0.25, 0.3) is 0 Å². The van der Waals surface area contributed by atoms with Crippen LogP contribution in [0, 0.1) is 12.7 Å². The Balaban J connectivity index is 2.80. The summed E-state index contributed by atoms with van der Waals surface area (Å²) in [6.07, 6.45) is 1.29. The first-order valence-corrected chi connectivity index (χ1v) is 5.25. The summed E-state index contributed by atoms with van der Waals surface area (Å²) in [6.45, 7) is 1.71. The van der Waals surface area contributed by atoms with Gasteiger partial charge in [-0.3, -0.25) is 4.98 Å². The van der Waals surface area contributed by atoms with Crippen LogP contribution in [0.25, 0.3) is 10.9 Å². The Bertz CT molecular complexity index is 613. The number of benzene rings is 1. The van der Waals surface area contributed by atoms with Crippen LogP contribution in [0.5, 0.6) is 0 Å². The molecule has 2 aromatic rings. The number of aryl methyl sites for hydroxylation is 1. The topological polar surface area (TPSA) is 39.2 Å². The molecule has 0 aliphatic carbocycles. The second-order valence-corrected chi connectivity index (χ2v) is 3.97. The van der Waals surface area contributed by atoms with Crippen molar-refractivity contribution in [1.29, 1.82) is 0 Å². The summed E-state index contributed by atoms with van der Waals surface area (Å²) in [7, 11) is 1.26. The zero-order valence-corrected chi connectivity index (χ0v) is 10.0. The van der Waals surface area contributed by atoms with E-state index in [2.05, 4.69) is 9.72 Å². The van der Waals surface area contributed by atoms with Gasteiger partial charge in [-0.2, -0.15) is 0 Å². The number of halogens is 2. The van der Waals surface area contributed by atoms with Gasteiger partial charge in [-0.25, -0.2) is 9.18 Å². The van der Waals surface area contributed by atoms with Crippen molar-refractivity contribution >= 4 is 28.5 Å². The van der Waals surface area contributed by atoms with Crippen LogP contribution >= 0.6 is 11.6 Å². The van der Waals surface area contributed by atoms with E-state index in [1.54, 1.807) is 6.92 Å². The normalized spacial score (nSPS) is 10.6. The van der Waals surface area contributed by atoms with E-state index in [4.69, 9.17) is 11.6 Å². The van der Waals surface area contributed by atoms with Crippen molar-refractivity contribution in [2.45, 2.75) is 6.92 Å². The summed E-state index contributed by atoms with van der Waals surface area (Å²) in [5.74, 6) is -0.947. The van der Waals surface area contributed by atoms with Gasteiger partial charge >= 0.3 is 5.97 Å². The molecule has 0 amide bonds. The SMILES string of the molecule is COC(=O)c1cnc2cc(F)cc(C)c2c1Cl. The lowest BCUT2D eigenvalue weighted by Crippen LogP contribution is -2.03. The third-order valence-corrected chi connectivity index (χ3v) is 2.87. The molecule has 1 aromatic heterocycles. The monoisotopic (exact) mass is 253 g/mol. The summed E-state index contributed by atoms with van der Waals surface area (Å²) in [4.78, 5) is 15.4. The molecule has 1 heterocycles. The van der Waals surface area contributed by atoms with E-state index >= 15 is 0 Å². The first kappa shape index (κ1) is 11.8. The minimum Gasteiger partial charge on any atom is -0.465 e. The Labute approximate surface area is 102 Å². The van der Waals surface area contributed by atoms with E-state index in [1.807, 2.05) is 0 Å². The molecule has 0 radical (unpaired) electrons. The van der Waals surface area contributed by atoms with Crippen molar-refractivity contribution < 1.29 is 13.9 Å². The minimum atomic E-state index is -0.562. The lowest BCUT2D eigenvalue weighted by Gasteiger charge is -2.07. The predicted octanol–water partition coefficient (Wildman–Crippen LogP) is 3.12. The number of fused-ring (bicyclic) bond motifs is 1. The molecule has 3 nitrogen and oxygen atoms in total. The van der Waals surface area contributed by atoms with Crippen molar-refractivity contribution in [3.05, 3.63) is 40.3 Å². The fourth-order valence-corrected chi connectivity index (χ4v) is 2.06. The van der Waals surface area contributed by atoms with Crippen LogP contribution in [0.3, 0.4) is 0 Å². The van der Waals surface area contributed by atoms with Crippen LogP contribution in [-0.2, 0) is 4.74 Å². The maximum atomic E-state index is 13.2. The fraction of sp³-hybridized carbons (Fsp3) is 0.167. The van der Waals surface area contributed by atoms with Gasteiger partial charge in [-0.05, 0) is 18.6 Å². The quantitative estimate of drug-likeness (QED) is 0.733. The molecule has 0 aliphatic rings. The third kappa shape index (κ3) is 1.96. The predicted molar refractivity (Wildman–Crippen MR) is 62.8 cm³/mol. The van der Waals surface area contributed by atoms with Crippen LogP contribution in [-0.4, -0.2) is 18.1 Å². The molecule has 0 saturated heterocycles. The van der Waals surface area contributed by atoms with Gasteiger partial charge in [-0.15, -0.1) is 0 Å². The van der Waals surface area contributed by atoms with Crippen molar-refractivity contribution in [1.82, 2.24) is 4.98 Å². The number of pyridine rings is 1. The molecule has 2 rings (SSSR count). The van der Waals surface area contributed by atoms with Crippen LogP contribution < -0.4 is 0 Å². The smallest absolute Gasteiger partial charge is 0.340 e. The number of ether oxygens (including phenoxy) is 1. The van der Waals surface area contributed by atoms with Gasteiger partial charge in [0.2, 0.25) is 0 Å². The second kappa shape index (κ2) is 4.30. The summed E-state index contributed by atoms with van der Waals surface area (Å²) < 4.78 is 17.8. The standard InChI is InChI=1S/C12H9ClFNO2/c1-6-3-7(14)4-9-10(6)11(13)8(5-15-9)12(16)17-2/h3-5H,1-2H3. The Morgan fingerprint density at radius 3 is 2.82 bits per heavy atom. The molecular formula is C12H9ClFNO2. The van der Waals surface area contributed by atoms with Gasteiger partial charge in [0.15, 0.2) is 0 Å². The molecule has 88 valence electrons. The van der Waals surface area contributed by atoms with Crippen molar-refractivity contribution in [3.63, 3.8) is 0 Å². The van der Waals surface area contributed by atoms with Gasteiger partial charge in [0, 0.05) is 17.6 Å². The Kier molecular flexibility index (Phi) is 2.98. The first-order valence-electron chi connectivity index (χ1n) is 4.87. The maximum absolute atomic E-state index is 13.2. The molecule has 0 N–H and O–H groups in total. The second-order valence-electron chi connectivity index (χ2n) is 3.59. The third-order valence-electron chi connectivity index (χ3n) is 2.47. The van der Waals surface area contributed by atoms with Gasteiger partial charge < -0.3 is 4.74 Å². The summed E-state index contributed by atoms with van der Waals surface area (Å²) in [6, 6.07) is 2.62. The average Bonchev–Trinajstić information content (AvgIpc) is 2.27. The highest BCUT2D eigenvalue weighted by Gasteiger charge is 2.16. The molecule has 0 spiro atoms. The van der Waals surface area contributed by atoms with Crippen molar-refractivity contribution in [2.24, 2.45) is 0 Å². The van der Waals surface area contributed by atoms with Gasteiger partial charge in [0.05, 0.1) is 23.2 Å². The van der Waals surface area contributed by atoms with Crippen LogP contribution in [0.4, 0.5) is 4.39 Å². The summed E-state index contributed by atoms with van der Waals surface area (Å²) in [5.41, 5.74) is 1.22. The van der Waals surface area contributed by atoms with Gasteiger partial charge in [0.1, 0.15) is 5.82 Å². The van der Waals surface area contributed by atoms with Crippen LogP contribution in [0.15, 0.2) is 18.3 Å². The van der Waals surface area contributed by atoms with Crippen molar-refractivity contribution in [2.75, 3.05) is 7.11 Å². The molecule has 0 aliphatic heterocycles. The van der Waals surface area contributed by atoms with Crippen molar-refractivity contribution in [3.8, 4) is 0 Å². The molecule has 0 unspecified atom stereocenters. The fourth-order valence-electron chi connectivity index (χ4n) is 1.69. The zero-order chi connectivity index (χ0) is 12.6. The molecule has 5 heteroatoms. The molecular weight excluding hydrogens is 245 g/mol. The highest BCUT2D eigenvalue weighted by atomic mass is 35.5. The lowest BCUT2D eigenvalue weighted by molar-refractivity contribution is 0.0600. The summed E-state index contributed by atoms with van der Waals surface area (Å²) in [5, 5.41) is 0.801. The Morgan fingerprint density at radius 2 is 2.18 bits per heavy atom. The van der Waals surface area contributed by atoms with E-state index in [1.165, 1.54) is 25.4 Å². The highest BCUT2D eigenvalue weighted by Crippen LogP contribution is 2.29. The first-order chi connectivity index (χ1) is 8.04. The van der Waals surface area contributed by atoms with E-state index < -0.39 is 5.97 Å². The zero-order valence-electron chi connectivity index (χ0n) is 9.25. The summed E-state index contributed by atoms with van der Waals surface area (Å²) >= 11 is 6.11. The largest absolute Gasteiger partial charge is 0.465 e. The number of hydrogen-bond acceptors (Lipinski definition) is 3. The minimum absolute atomic E-state index is 0.177. The number of methoxy groups -OCH3 is 1. The van der Waals surface area contributed by atoms with E-state index in [-0.39, 0.29) is 16.4 Å². The number of rotatable bonds is 1. The van der Waals surface area contributed by atoms with E-state index in [0.29, 0.717) is 16.5 Å². The molecule has 1 aromatic carbocycles. The lowest BCUT2D eigenvalue weighted by atomic mass is 10.1. The molecule has 0 fully saturated rings. The number of nitrogens with zero attached hydrogens (tertiary/aromatic N) is 1. The van der Waals surface area contributed by atoms with Gasteiger partial charge in [-0.1, -0.05) is 11.6 Å². The molecule has 0 bridgehead atoms.